The second-order valence-electron chi connectivity index (χ2n) is 8.03. The van der Waals surface area contributed by atoms with E-state index in [-0.39, 0.29) is 17.7 Å². The van der Waals surface area contributed by atoms with Crippen molar-refractivity contribution in [2.45, 2.75) is 62.0 Å². The first-order chi connectivity index (χ1) is 16.9. The van der Waals surface area contributed by atoms with Gasteiger partial charge in [0.15, 0.2) is 0 Å². The lowest BCUT2D eigenvalue weighted by Gasteiger charge is -2.32. The summed E-state index contributed by atoms with van der Waals surface area (Å²) in [4.78, 5) is 17.1. The van der Waals surface area contributed by atoms with E-state index in [4.69, 9.17) is 9.90 Å². The number of carboxylic acid groups (broad SMARTS) is 1. The number of nitrogens with zero attached hydrogens (tertiary/aromatic N) is 2. The Bertz CT molecular complexity index is 1020. The fourth-order valence-corrected chi connectivity index (χ4v) is 3.35. The molecule has 0 spiro atoms. The van der Waals surface area contributed by atoms with Gasteiger partial charge in [0.05, 0.1) is 6.10 Å². The van der Waals surface area contributed by atoms with Crippen molar-refractivity contribution < 1.29 is 59.6 Å². The van der Waals surface area contributed by atoms with E-state index < -0.39 is 35.7 Å². The van der Waals surface area contributed by atoms with Crippen molar-refractivity contribution in [3.05, 3.63) is 42.2 Å². The van der Waals surface area contributed by atoms with Crippen molar-refractivity contribution in [1.82, 2.24) is 9.97 Å². The zero-order valence-corrected chi connectivity index (χ0v) is 18.5. The first-order valence-corrected chi connectivity index (χ1v) is 10.4. The molecule has 0 unspecified atom stereocenters. The minimum atomic E-state index is -5.93. The number of aliphatic hydroxyl groups excluding tert-OH is 1. The van der Waals surface area contributed by atoms with Gasteiger partial charge < -0.3 is 20.6 Å². The normalized spacial score (nSPS) is 19.0. The highest BCUT2D eigenvalue weighted by Gasteiger charge is 2.71. The third kappa shape index (κ3) is 7.44. The summed E-state index contributed by atoms with van der Waals surface area (Å²) in [5.41, 5.74) is -5.62. The smallest absolute Gasteiger partial charge is 0.475 e. The fourth-order valence-electron chi connectivity index (χ4n) is 3.35. The molecule has 0 aliphatic heterocycles. The van der Waals surface area contributed by atoms with Gasteiger partial charge >= 0.3 is 24.5 Å². The lowest BCUT2D eigenvalue weighted by Crippen LogP contribution is -2.53. The average molecular weight is 549 g/mol. The molecule has 0 saturated heterocycles. The summed E-state index contributed by atoms with van der Waals surface area (Å²) in [6.45, 7) is 0. The van der Waals surface area contributed by atoms with Crippen LogP contribution in [-0.2, 0) is 10.4 Å². The van der Waals surface area contributed by atoms with E-state index in [0.717, 1.165) is 25.0 Å². The molecule has 1 fully saturated rings. The highest BCUT2D eigenvalue weighted by Crippen LogP contribution is 2.50. The Morgan fingerprint density at radius 2 is 1.24 bits per heavy atom. The van der Waals surface area contributed by atoms with Gasteiger partial charge in [0, 0.05) is 29.6 Å². The number of carboxylic acids is 1. The molecule has 1 aromatic carbocycles. The molecule has 1 aliphatic carbocycles. The molecule has 1 saturated carbocycles. The van der Waals surface area contributed by atoms with Crippen molar-refractivity contribution in [1.29, 1.82) is 0 Å². The Morgan fingerprint density at radius 3 is 1.62 bits per heavy atom. The van der Waals surface area contributed by atoms with E-state index in [1.165, 1.54) is 12.4 Å². The maximum Gasteiger partial charge on any atom is 0.490 e. The standard InChI is InChI=1S/C19H19F6N3O2.C2HF3O2/c20-18(21,22)17(30,19(23,24)25)13-3-1-11(2-4-13)12-9-26-16(27-10-12)28-14-5-7-15(29)8-6-14;3-2(4,5)1(6)7/h1-4,9-10,14-15,29-30H,5-8H2,(H,26,27,28);(H,6,7). The van der Waals surface area contributed by atoms with Crippen LogP contribution < -0.4 is 5.32 Å². The van der Waals surface area contributed by atoms with Crippen LogP contribution in [0.4, 0.5) is 45.5 Å². The van der Waals surface area contributed by atoms with Crippen molar-refractivity contribution >= 4 is 11.9 Å². The van der Waals surface area contributed by atoms with Gasteiger partial charge in [-0.2, -0.15) is 39.5 Å². The number of rotatable bonds is 4. The molecule has 7 nitrogen and oxygen atoms in total. The lowest BCUT2D eigenvalue weighted by atomic mass is 9.91. The number of carbonyl (C=O) groups is 1. The molecule has 206 valence electrons. The Balaban J connectivity index is 0.000000604. The van der Waals surface area contributed by atoms with Crippen molar-refractivity contribution in [2.24, 2.45) is 0 Å². The second-order valence-corrected chi connectivity index (χ2v) is 8.03. The fraction of sp³-hybridized carbons (Fsp3) is 0.476. The molecule has 4 N–H and O–H groups in total. The molecule has 1 aliphatic rings. The molecule has 2 aromatic rings. The van der Waals surface area contributed by atoms with E-state index in [9.17, 15) is 49.7 Å². The molecule has 16 heteroatoms. The molecular formula is C21H20F9N3O4. The van der Waals surface area contributed by atoms with Crippen LogP contribution in [0, 0.1) is 0 Å². The summed E-state index contributed by atoms with van der Waals surface area (Å²) in [5, 5.41) is 29.2. The molecule has 0 radical (unpaired) electrons. The van der Waals surface area contributed by atoms with Gasteiger partial charge in [0.2, 0.25) is 5.95 Å². The van der Waals surface area contributed by atoms with Gasteiger partial charge in [-0.25, -0.2) is 14.8 Å². The van der Waals surface area contributed by atoms with Crippen molar-refractivity contribution in [2.75, 3.05) is 5.32 Å². The zero-order chi connectivity index (χ0) is 28.2. The second kappa shape index (κ2) is 11.1. The predicted molar refractivity (Wildman–Crippen MR) is 109 cm³/mol. The molecular weight excluding hydrogens is 529 g/mol. The number of anilines is 1. The zero-order valence-electron chi connectivity index (χ0n) is 18.5. The Hall–Kier alpha value is -3.14. The average Bonchev–Trinajstić information content (AvgIpc) is 2.79. The molecule has 1 heterocycles. The molecule has 3 rings (SSSR count). The summed E-state index contributed by atoms with van der Waals surface area (Å²) < 4.78 is 109. The SMILES string of the molecule is O=C(O)C(F)(F)F.OC1CCC(Nc2ncc(-c3ccc(C(O)(C(F)(F)F)C(F)(F)F)cc3)cn2)CC1. The quantitative estimate of drug-likeness (QED) is 0.405. The van der Waals surface area contributed by atoms with Gasteiger partial charge in [0.25, 0.3) is 5.60 Å². The predicted octanol–water partition coefficient (Wildman–Crippen LogP) is 4.80. The molecule has 0 atom stereocenters. The number of hydrogen-bond acceptors (Lipinski definition) is 6. The highest BCUT2D eigenvalue weighted by atomic mass is 19.4. The number of benzene rings is 1. The number of halogens is 9. The van der Waals surface area contributed by atoms with E-state index in [0.29, 0.717) is 36.5 Å². The Kier molecular flexibility index (Phi) is 9.01. The lowest BCUT2D eigenvalue weighted by molar-refractivity contribution is -0.376. The van der Waals surface area contributed by atoms with Crippen LogP contribution in [0.2, 0.25) is 0 Å². The summed E-state index contributed by atoms with van der Waals surface area (Å²) in [6.07, 6.45) is -11.6. The van der Waals surface area contributed by atoms with Gasteiger partial charge in [-0.3, -0.25) is 0 Å². The number of aliphatic carboxylic acids is 1. The maximum absolute atomic E-state index is 13.0. The van der Waals surface area contributed by atoms with E-state index in [2.05, 4.69) is 15.3 Å². The Morgan fingerprint density at radius 1 is 0.811 bits per heavy atom. The summed E-state index contributed by atoms with van der Waals surface area (Å²) in [6, 6.07) is 3.34. The van der Waals surface area contributed by atoms with E-state index >= 15 is 0 Å². The van der Waals surface area contributed by atoms with Crippen molar-refractivity contribution in [3.63, 3.8) is 0 Å². The number of hydrogen-bond donors (Lipinski definition) is 4. The summed E-state index contributed by atoms with van der Waals surface area (Å²) in [5.74, 6) is -2.42. The van der Waals surface area contributed by atoms with E-state index in [1.54, 1.807) is 0 Å². The van der Waals surface area contributed by atoms with Gasteiger partial charge in [0.1, 0.15) is 0 Å². The number of nitrogens with one attached hydrogen (secondary N) is 1. The summed E-state index contributed by atoms with van der Waals surface area (Å²) >= 11 is 0. The Labute approximate surface area is 203 Å². The third-order valence-corrected chi connectivity index (χ3v) is 5.38. The maximum atomic E-state index is 13.0. The van der Waals surface area contributed by atoms with Crippen molar-refractivity contribution in [3.8, 4) is 11.1 Å². The van der Waals surface area contributed by atoms with E-state index in [1.807, 2.05) is 0 Å². The molecule has 37 heavy (non-hydrogen) atoms. The monoisotopic (exact) mass is 549 g/mol. The third-order valence-electron chi connectivity index (χ3n) is 5.38. The van der Waals surface area contributed by atoms with Crippen LogP contribution in [0.3, 0.4) is 0 Å². The van der Waals surface area contributed by atoms with Crippen LogP contribution in [0.25, 0.3) is 11.1 Å². The highest BCUT2D eigenvalue weighted by molar-refractivity contribution is 5.73. The molecule has 0 bridgehead atoms. The number of aliphatic hydroxyl groups is 2. The largest absolute Gasteiger partial charge is 0.490 e. The van der Waals surface area contributed by atoms with Crippen LogP contribution in [0.1, 0.15) is 31.2 Å². The van der Waals surface area contributed by atoms with Crippen LogP contribution >= 0.6 is 0 Å². The van der Waals surface area contributed by atoms with Gasteiger partial charge in [-0.1, -0.05) is 24.3 Å². The van der Waals surface area contributed by atoms with Gasteiger partial charge in [-0.15, -0.1) is 0 Å². The van der Waals surface area contributed by atoms with Gasteiger partial charge in [-0.05, 0) is 31.2 Å². The topological polar surface area (TPSA) is 116 Å². The van der Waals surface area contributed by atoms with Crippen LogP contribution in [0.5, 0.6) is 0 Å². The first kappa shape index (κ1) is 30.1. The first-order valence-electron chi connectivity index (χ1n) is 10.4. The number of alkyl halides is 9. The number of aromatic nitrogens is 2. The van der Waals surface area contributed by atoms with Crippen LogP contribution in [-0.4, -0.2) is 61.9 Å². The molecule has 1 aromatic heterocycles. The minimum Gasteiger partial charge on any atom is -0.475 e. The minimum absolute atomic E-state index is 0.112. The summed E-state index contributed by atoms with van der Waals surface area (Å²) in [7, 11) is 0. The molecule has 0 amide bonds. The van der Waals surface area contributed by atoms with Crippen LogP contribution in [0.15, 0.2) is 36.7 Å².